The lowest BCUT2D eigenvalue weighted by Crippen LogP contribution is -2.46. The molecule has 1 N–H and O–H groups in total. The van der Waals surface area contributed by atoms with Crippen LogP contribution in [0.3, 0.4) is 0 Å². The average Bonchev–Trinajstić information content (AvgIpc) is 2.52. The molecule has 5 nitrogen and oxygen atoms in total. The minimum Gasteiger partial charge on any atom is -0.381 e. The first kappa shape index (κ1) is 17.4. The Hall–Kier alpha value is -1.95. The largest absolute Gasteiger partial charge is 0.381 e. The van der Waals surface area contributed by atoms with Crippen LogP contribution in [0.15, 0.2) is 24.3 Å². The highest BCUT2D eigenvalue weighted by Crippen LogP contribution is 2.14. The summed E-state index contributed by atoms with van der Waals surface area (Å²) in [5, 5.41) is 2.79. The van der Waals surface area contributed by atoms with E-state index in [4.69, 9.17) is 4.74 Å². The molecule has 1 aromatic carbocycles. The molecular formula is C17H23FN2O3. The number of benzene rings is 1. The molecule has 0 radical (unpaired) electrons. The molecule has 0 aliphatic carbocycles. The van der Waals surface area contributed by atoms with Crippen LogP contribution in [0.2, 0.25) is 0 Å². The van der Waals surface area contributed by atoms with E-state index in [9.17, 15) is 14.0 Å². The molecule has 23 heavy (non-hydrogen) atoms. The molecule has 1 saturated heterocycles. The van der Waals surface area contributed by atoms with E-state index in [0.29, 0.717) is 31.9 Å². The van der Waals surface area contributed by atoms with Crippen LogP contribution in [0.1, 0.15) is 25.3 Å². The van der Waals surface area contributed by atoms with Crippen molar-refractivity contribution in [2.24, 2.45) is 0 Å². The van der Waals surface area contributed by atoms with Crippen molar-refractivity contribution in [3.63, 3.8) is 0 Å². The van der Waals surface area contributed by atoms with Crippen molar-refractivity contribution in [3.8, 4) is 0 Å². The second-order valence-electron chi connectivity index (χ2n) is 5.71. The lowest BCUT2D eigenvalue weighted by Gasteiger charge is -2.33. The number of rotatable bonds is 6. The van der Waals surface area contributed by atoms with Crippen LogP contribution in [-0.2, 0) is 20.7 Å². The van der Waals surface area contributed by atoms with Crippen LogP contribution in [0.4, 0.5) is 4.39 Å². The molecule has 0 spiro atoms. The van der Waals surface area contributed by atoms with Gasteiger partial charge < -0.3 is 15.0 Å². The Labute approximate surface area is 135 Å². The van der Waals surface area contributed by atoms with Gasteiger partial charge in [-0.3, -0.25) is 9.59 Å². The lowest BCUT2D eigenvalue weighted by atomic mass is 10.1. The predicted molar refractivity (Wildman–Crippen MR) is 84.3 cm³/mol. The Morgan fingerprint density at radius 3 is 2.74 bits per heavy atom. The Morgan fingerprint density at radius 1 is 1.35 bits per heavy atom. The van der Waals surface area contributed by atoms with Crippen molar-refractivity contribution < 1.29 is 18.7 Å². The van der Waals surface area contributed by atoms with E-state index in [2.05, 4.69) is 5.32 Å². The van der Waals surface area contributed by atoms with E-state index >= 15 is 0 Å². The topological polar surface area (TPSA) is 58.6 Å². The fourth-order valence-electron chi connectivity index (χ4n) is 2.80. The van der Waals surface area contributed by atoms with Crippen molar-refractivity contribution in [2.45, 2.75) is 32.2 Å². The maximum atomic E-state index is 13.1. The minimum atomic E-state index is -0.349. The molecule has 2 rings (SSSR count). The fraction of sp³-hybridized carbons (Fsp3) is 0.529. The molecule has 126 valence electrons. The molecule has 0 atom stereocenters. The zero-order valence-electron chi connectivity index (χ0n) is 13.4. The molecule has 1 fully saturated rings. The van der Waals surface area contributed by atoms with Gasteiger partial charge in [0.15, 0.2) is 0 Å². The number of hydrogen-bond donors (Lipinski definition) is 1. The van der Waals surface area contributed by atoms with E-state index in [1.807, 2.05) is 0 Å². The van der Waals surface area contributed by atoms with Gasteiger partial charge in [-0.1, -0.05) is 12.1 Å². The van der Waals surface area contributed by atoms with E-state index in [-0.39, 0.29) is 30.1 Å². The third kappa shape index (κ3) is 5.63. The summed E-state index contributed by atoms with van der Waals surface area (Å²) in [6.07, 6.45) is 1.79. The molecule has 1 aliphatic rings. The highest BCUT2D eigenvalue weighted by Gasteiger charge is 2.23. The number of nitrogens with zero attached hydrogens (tertiary/aromatic N) is 1. The Morgan fingerprint density at radius 2 is 2.09 bits per heavy atom. The first-order valence-electron chi connectivity index (χ1n) is 7.92. The summed E-state index contributed by atoms with van der Waals surface area (Å²) in [4.78, 5) is 25.5. The van der Waals surface area contributed by atoms with Gasteiger partial charge in [0.05, 0.1) is 6.42 Å². The minimum absolute atomic E-state index is 0.0104. The number of hydrogen-bond acceptors (Lipinski definition) is 3. The summed E-state index contributed by atoms with van der Waals surface area (Å²) in [7, 11) is 0. The molecule has 1 aliphatic heterocycles. The third-order valence-electron chi connectivity index (χ3n) is 3.96. The maximum absolute atomic E-state index is 13.1. The number of amides is 2. The molecule has 0 bridgehead atoms. The number of ether oxygens (including phenoxy) is 1. The van der Waals surface area contributed by atoms with Crippen LogP contribution < -0.4 is 5.32 Å². The molecular weight excluding hydrogens is 299 g/mol. The van der Waals surface area contributed by atoms with Crippen LogP contribution in [-0.4, -0.2) is 49.1 Å². The van der Waals surface area contributed by atoms with Gasteiger partial charge in [-0.25, -0.2) is 4.39 Å². The predicted octanol–water partition coefficient (Wildman–Crippen LogP) is 1.51. The summed E-state index contributed by atoms with van der Waals surface area (Å²) < 4.78 is 18.4. The summed E-state index contributed by atoms with van der Waals surface area (Å²) in [5.41, 5.74) is 0.635. The van der Waals surface area contributed by atoms with Gasteiger partial charge in [0.1, 0.15) is 5.82 Å². The van der Waals surface area contributed by atoms with E-state index < -0.39 is 0 Å². The van der Waals surface area contributed by atoms with Crippen LogP contribution in [0.5, 0.6) is 0 Å². The van der Waals surface area contributed by atoms with E-state index in [0.717, 1.165) is 12.8 Å². The zero-order chi connectivity index (χ0) is 16.7. The summed E-state index contributed by atoms with van der Waals surface area (Å²) in [6, 6.07) is 6.18. The summed E-state index contributed by atoms with van der Waals surface area (Å²) >= 11 is 0. The summed E-state index contributed by atoms with van der Waals surface area (Å²) in [5.74, 6) is -0.514. The van der Waals surface area contributed by atoms with Gasteiger partial charge in [0.25, 0.3) is 0 Å². The van der Waals surface area contributed by atoms with Crippen molar-refractivity contribution in [2.75, 3.05) is 26.3 Å². The van der Waals surface area contributed by atoms with Gasteiger partial charge in [-0.15, -0.1) is 0 Å². The van der Waals surface area contributed by atoms with Crippen LogP contribution >= 0.6 is 0 Å². The Kier molecular flexibility index (Phi) is 6.52. The van der Waals surface area contributed by atoms with Crippen molar-refractivity contribution in [1.29, 1.82) is 0 Å². The molecule has 2 amide bonds. The first-order valence-corrected chi connectivity index (χ1v) is 7.92. The van der Waals surface area contributed by atoms with Gasteiger partial charge in [-0.05, 0) is 30.5 Å². The number of carbonyl (C=O) groups is 2. The lowest BCUT2D eigenvalue weighted by molar-refractivity contribution is -0.133. The van der Waals surface area contributed by atoms with Crippen molar-refractivity contribution in [3.05, 3.63) is 35.6 Å². The van der Waals surface area contributed by atoms with Crippen molar-refractivity contribution >= 4 is 11.8 Å². The molecule has 0 saturated carbocycles. The molecule has 1 aromatic rings. The number of carbonyl (C=O) groups excluding carboxylic acids is 2. The standard InChI is InChI=1S/C17H23FN2O3/c1-13(21)20(16-5-9-23-10-6-16)8-7-19-17(22)12-14-3-2-4-15(18)11-14/h2-4,11,16H,5-10,12H2,1H3,(H,19,22). The van der Waals surface area contributed by atoms with Gasteiger partial charge >= 0.3 is 0 Å². The van der Waals surface area contributed by atoms with Gasteiger partial charge in [0.2, 0.25) is 11.8 Å². The van der Waals surface area contributed by atoms with Gasteiger partial charge in [-0.2, -0.15) is 0 Å². The normalized spacial score (nSPS) is 15.2. The molecule has 0 aromatic heterocycles. The molecule has 1 heterocycles. The summed E-state index contributed by atoms with van der Waals surface area (Å²) in [6.45, 7) is 3.75. The highest BCUT2D eigenvalue weighted by atomic mass is 19.1. The highest BCUT2D eigenvalue weighted by molar-refractivity contribution is 5.78. The average molecular weight is 322 g/mol. The molecule has 0 unspecified atom stereocenters. The second kappa shape index (κ2) is 8.62. The molecule has 6 heteroatoms. The number of halogens is 1. The van der Waals surface area contributed by atoms with Crippen LogP contribution in [0, 0.1) is 5.82 Å². The quantitative estimate of drug-likeness (QED) is 0.864. The van der Waals surface area contributed by atoms with E-state index in [1.165, 1.54) is 12.1 Å². The fourth-order valence-corrected chi connectivity index (χ4v) is 2.80. The Balaban J connectivity index is 1.77. The monoisotopic (exact) mass is 322 g/mol. The third-order valence-corrected chi connectivity index (χ3v) is 3.96. The zero-order valence-corrected chi connectivity index (χ0v) is 13.4. The SMILES string of the molecule is CC(=O)N(CCNC(=O)Cc1cccc(F)c1)C1CCOCC1. The van der Waals surface area contributed by atoms with Crippen molar-refractivity contribution in [1.82, 2.24) is 10.2 Å². The van der Waals surface area contributed by atoms with Crippen LogP contribution in [0.25, 0.3) is 0 Å². The number of nitrogens with one attached hydrogen (secondary N) is 1. The maximum Gasteiger partial charge on any atom is 0.224 e. The smallest absolute Gasteiger partial charge is 0.224 e. The Bertz CT molecular complexity index is 544. The first-order chi connectivity index (χ1) is 11.1. The van der Waals surface area contributed by atoms with E-state index in [1.54, 1.807) is 24.0 Å². The van der Waals surface area contributed by atoms with Gasteiger partial charge in [0, 0.05) is 39.3 Å². The second-order valence-corrected chi connectivity index (χ2v) is 5.71.